The van der Waals surface area contributed by atoms with Gasteiger partial charge in [0.25, 0.3) is 5.91 Å². The molecule has 7 heteroatoms. The minimum absolute atomic E-state index is 0.0259. The lowest BCUT2D eigenvalue weighted by Crippen LogP contribution is -2.24. The number of carbonyl (C=O) groups is 1. The standard InChI is InChI=1S/C11H13IN4O2/c12-8-3-4-10(17)9(7-8)11(18)14-5-1-2-6-15-16-13/h3-4,7,17H,1-2,5-6H2,(H,14,18). The highest BCUT2D eigenvalue weighted by Gasteiger charge is 2.10. The van der Waals surface area contributed by atoms with Crippen LogP contribution in [-0.2, 0) is 0 Å². The van der Waals surface area contributed by atoms with Crippen molar-refractivity contribution in [1.82, 2.24) is 5.32 Å². The van der Waals surface area contributed by atoms with Crippen LogP contribution in [0.5, 0.6) is 5.75 Å². The van der Waals surface area contributed by atoms with Crippen LogP contribution in [0, 0.1) is 3.57 Å². The lowest BCUT2D eigenvalue weighted by atomic mass is 10.2. The molecule has 0 aliphatic rings. The van der Waals surface area contributed by atoms with Gasteiger partial charge < -0.3 is 10.4 Å². The van der Waals surface area contributed by atoms with E-state index in [1.165, 1.54) is 6.07 Å². The molecule has 0 spiro atoms. The van der Waals surface area contributed by atoms with Crippen LogP contribution in [0.2, 0.25) is 0 Å². The first-order chi connectivity index (χ1) is 8.65. The first kappa shape index (κ1) is 14.6. The fourth-order valence-corrected chi connectivity index (χ4v) is 1.83. The lowest BCUT2D eigenvalue weighted by Gasteiger charge is -2.06. The molecule has 0 aromatic heterocycles. The lowest BCUT2D eigenvalue weighted by molar-refractivity contribution is 0.0950. The van der Waals surface area contributed by atoms with Crippen LogP contribution in [-0.4, -0.2) is 24.1 Å². The molecule has 0 bridgehead atoms. The maximum absolute atomic E-state index is 11.8. The molecule has 2 N–H and O–H groups in total. The van der Waals surface area contributed by atoms with Gasteiger partial charge >= 0.3 is 0 Å². The average Bonchev–Trinajstić information content (AvgIpc) is 2.36. The van der Waals surface area contributed by atoms with E-state index < -0.39 is 0 Å². The Morgan fingerprint density at radius 3 is 3.00 bits per heavy atom. The van der Waals surface area contributed by atoms with Gasteiger partial charge in [-0.1, -0.05) is 5.11 Å². The third kappa shape index (κ3) is 4.80. The van der Waals surface area contributed by atoms with Crippen molar-refractivity contribution in [3.05, 3.63) is 37.8 Å². The van der Waals surface area contributed by atoms with Crippen molar-refractivity contribution in [3.63, 3.8) is 0 Å². The molecule has 0 unspecified atom stereocenters. The summed E-state index contributed by atoms with van der Waals surface area (Å²) in [6, 6.07) is 4.86. The Balaban J connectivity index is 2.41. The Bertz CT molecular complexity index is 472. The van der Waals surface area contributed by atoms with Crippen molar-refractivity contribution in [2.75, 3.05) is 13.1 Å². The van der Waals surface area contributed by atoms with Gasteiger partial charge in [-0.3, -0.25) is 4.79 Å². The van der Waals surface area contributed by atoms with Gasteiger partial charge in [0.15, 0.2) is 0 Å². The maximum Gasteiger partial charge on any atom is 0.255 e. The molecule has 0 saturated carbocycles. The van der Waals surface area contributed by atoms with Crippen molar-refractivity contribution in [2.24, 2.45) is 5.11 Å². The molecule has 1 amide bonds. The Labute approximate surface area is 118 Å². The van der Waals surface area contributed by atoms with Gasteiger partial charge in [0.1, 0.15) is 5.75 Å². The summed E-state index contributed by atoms with van der Waals surface area (Å²) in [7, 11) is 0. The summed E-state index contributed by atoms with van der Waals surface area (Å²) in [6.07, 6.45) is 1.46. The second-order valence-corrected chi connectivity index (χ2v) is 4.82. The van der Waals surface area contributed by atoms with Gasteiger partial charge in [0.05, 0.1) is 5.56 Å². The molecule has 1 aromatic carbocycles. The largest absolute Gasteiger partial charge is 0.507 e. The first-order valence-electron chi connectivity index (χ1n) is 5.42. The highest BCUT2D eigenvalue weighted by Crippen LogP contribution is 2.19. The van der Waals surface area contributed by atoms with Crippen LogP contribution >= 0.6 is 22.6 Å². The number of phenols is 1. The van der Waals surface area contributed by atoms with Crippen LogP contribution in [0.15, 0.2) is 23.3 Å². The second-order valence-electron chi connectivity index (χ2n) is 3.58. The second kappa shape index (κ2) is 7.78. The molecular weight excluding hydrogens is 347 g/mol. The summed E-state index contributed by atoms with van der Waals surface area (Å²) < 4.78 is 0.888. The number of nitrogens with one attached hydrogen (secondary N) is 1. The molecule has 0 fully saturated rings. The number of carbonyl (C=O) groups excluding carboxylic acids is 1. The van der Waals surface area contributed by atoms with Crippen molar-refractivity contribution < 1.29 is 9.90 Å². The van der Waals surface area contributed by atoms with E-state index in [4.69, 9.17) is 5.53 Å². The highest BCUT2D eigenvalue weighted by molar-refractivity contribution is 14.1. The van der Waals surface area contributed by atoms with Crippen molar-refractivity contribution in [3.8, 4) is 5.75 Å². The van der Waals surface area contributed by atoms with E-state index in [0.29, 0.717) is 13.1 Å². The fraction of sp³-hybridized carbons (Fsp3) is 0.364. The molecule has 0 heterocycles. The number of aromatic hydroxyl groups is 1. The minimum Gasteiger partial charge on any atom is -0.507 e. The topological polar surface area (TPSA) is 98.1 Å². The van der Waals surface area contributed by atoms with Gasteiger partial charge in [-0.15, -0.1) is 0 Å². The summed E-state index contributed by atoms with van der Waals surface area (Å²) in [6.45, 7) is 0.922. The fourth-order valence-electron chi connectivity index (χ4n) is 1.34. The number of unbranched alkanes of at least 4 members (excludes halogenated alkanes) is 1. The quantitative estimate of drug-likeness (QED) is 0.268. The summed E-state index contributed by atoms with van der Waals surface area (Å²) in [5.74, 6) is -0.322. The van der Waals surface area contributed by atoms with Crippen LogP contribution in [0.1, 0.15) is 23.2 Å². The molecule has 96 valence electrons. The molecule has 0 aliphatic heterocycles. The number of rotatable bonds is 6. The number of nitrogens with zero attached hydrogens (tertiary/aromatic N) is 3. The summed E-state index contributed by atoms with van der Waals surface area (Å²) in [4.78, 5) is 14.4. The third-order valence-corrected chi connectivity index (χ3v) is 2.91. The molecule has 0 atom stereocenters. The van der Waals surface area contributed by atoms with E-state index in [1.54, 1.807) is 12.1 Å². The third-order valence-electron chi connectivity index (χ3n) is 2.24. The smallest absolute Gasteiger partial charge is 0.255 e. The van der Waals surface area contributed by atoms with Crippen LogP contribution in [0.3, 0.4) is 0 Å². The van der Waals surface area contributed by atoms with E-state index in [1.807, 2.05) is 0 Å². The molecule has 0 saturated heterocycles. The molecule has 0 aliphatic carbocycles. The highest BCUT2D eigenvalue weighted by atomic mass is 127. The Kier molecular flexibility index (Phi) is 6.31. The number of phenolic OH excluding ortho intramolecular Hbond substituents is 1. The van der Waals surface area contributed by atoms with E-state index in [2.05, 4.69) is 37.9 Å². The van der Waals surface area contributed by atoms with Crippen LogP contribution in [0.4, 0.5) is 0 Å². The monoisotopic (exact) mass is 360 g/mol. The molecule has 1 rings (SSSR count). The molecule has 6 nitrogen and oxygen atoms in total. The van der Waals surface area contributed by atoms with Crippen LogP contribution in [0.25, 0.3) is 10.4 Å². The van der Waals surface area contributed by atoms with Crippen LogP contribution < -0.4 is 5.32 Å². The normalized spacial score (nSPS) is 9.61. The maximum atomic E-state index is 11.8. The summed E-state index contributed by atoms with van der Waals surface area (Å²) in [5.41, 5.74) is 8.35. The Hall–Kier alpha value is -1.47. The number of amides is 1. The Morgan fingerprint density at radius 2 is 2.28 bits per heavy atom. The van der Waals surface area contributed by atoms with Gasteiger partial charge in [-0.25, -0.2) is 0 Å². The zero-order valence-electron chi connectivity index (χ0n) is 9.64. The van der Waals surface area contributed by atoms with Gasteiger partial charge in [-0.2, -0.15) is 0 Å². The zero-order valence-corrected chi connectivity index (χ0v) is 11.8. The predicted octanol–water partition coefficient (Wildman–Crippen LogP) is 2.82. The molecule has 1 aromatic rings. The van der Waals surface area contributed by atoms with Crippen molar-refractivity contribution in [1.29, 1.82) is 0 Å². The van der Waals surface area contributed by atoms with Crippen molar-refractivity contribution in [2.45, 2.75) is 12.8 Å². The number of benzene rings is 1. The number of hydrogen-bond donors (Lipinski definition) is 2. The van der Waals surface area contributed by atoms with Gasteiger partial charge in [-0.05, 0) is 59.2 Å². The van der Waals surface area contributed by atoms with Crippen molar-refractivity contribution >= 4 is 28.5 Å². The summed E-state index contributed by atoms with van der Waals surface area (Å²) >= 11 is 2.08. The number of hydrogen-bond acceptors (Lipinski definition) is 3. The Morgan fingerprint density at radius 1 is 1.50 bits per heavy atom. The molecule has 18 heavy (non-hydrogen) atoms. The SMILES string of the molecule is [N-]=[N+]=NCCCCNC(=O)c1cc(I)ccc1O. The van der Waals surface area contributed by atoms with Gasteiger partial charge in [0, 0.05) is 21.6 Å². The number of halogens is 1. The van der Waals surface area contributed by atoms with E-state index in [-0.39, 0.29) is 17.2 Å². The van der Waals surface area contributed by atoms with E-state index in [9.17, 15) is 9.90 Å². The molecular formula is C11H13IN4O2. The predicted molar refractivity (Wildman–Crippen MR) is 76.4 cm³/mol. The van der Waals surface area contributed by atoms with Gasteiger partial charge in [0.2, 0.25) is 0 Å². The first-order valence-corrected chi connectivity index (χ1v) is 6.50. The number of azide groups is 1. The summed E-state index contributed by atoms with van der Waals surface area (Å²) in [5, 5.41) is 15.7. The average molecular weight is 360 g/mol. The van der Waals surface area contributed by atoms with E-state index >= 15 is 0 Å². The minimum atomic E-state index is -0.296. The van der Waals surface area contributed by atoms with E-state index in [0.717, 1.165) is 16.4 Å². The molecule has 0 radical (unpaired) electrons. The zero-order chi connectivity index (χ0) is 13.4.